The lowest BCUT2D eigenvalue weighted by Crippen LogP contribution is -2.39. The highest BCUT2D eigenvalue weighted by molar-refractivity contribution is 7.99. The molecule has 8 heteroatoms. The second-order valence-corrected chi connectivity index (χ2v) is 5.19. The first kappa shape index (κ1) is 13.9. The maximum atomic E-state index is 11.8. The first-order chi connectivity index (χ1) is 9.13. The normalized spacial score (nSPS) is 16.2. The lowest BCUT2D eigenvalue weighted by molar-refractivity contribution is -0.119. The third-order valence-electron chi connectivity index (χ3n) is 2.66. The van der Waals surface area contributed by atoms with E-state index in [0.29, 0.717) is 30.0 Å². The zero-order valence-corrected chi connectivity index (χ0v) is 11.3. The predicted octanol–water partition coefficient (Wildman–Crippen LogP) is 0.0283. The molecule has 19 heavy (non-hydrogen) atoms. The molecule has 2 heterocycles. The van der Waals surface area contributed by atoms with E-state index in [1.54, 1.807) is 0 Å². The van der Waals surface area contributed by atoms with Crippen molar-refractivity contribution < 1.29 is 9.53 Å². The molecule has 1 aromatic rings. The number of carbonyl (C=O) groups is 1. The number of nitrogens with one attached hydrogen (secondary N) is 1. The minimum atomic E-state index is -0.0403. The molecule has 1 aliphatic heterocycles. The van der Waals surface area contributed by atoms with Crippen LogP contribution in [0.15, 0.2) is 11.2 Å². The molecule has 1 aliphatic rings. The molecular formula is C11H17N5O2S. The second kappa shape index (κ2) is 6.58. The Morgan fingerprint density at radius 3 is 2.63 bits per heavy atom. The number of aromatic nitrogens is 2. The van der Waals surface area contributed by atoms with E-state index in [1.165, 1.54) is 17.8 Å². The van der Waals surface area contributed by atoms with E-state index in [4.69, 9.17) is 16.2 Å². The van der Waals surface area contributed by atoms with Crippen LogP contribution in [0.4, 0.5) is 11.6 Å². The first-order valence-electron chi connectivity index (χ1n) is 6.03. The molecule has 2 rings (SSSR count). The predicted molar refractivity (Wildman–Crippen MR) is 73.6 cm³/mol. The molecule has 7 nitrogen and oxygen atoms in total. The van der Waals surface area contributed by atoms with Crippen LogP contribution in [-0.2, 0) is 9.53 Å². The Hall–Kier alpha value is -1.54. The van der Waals surface area contributed by atoms with E-state index in [-0.39, 0.29) is 17.7 Å². The van der Waals surface area contributed by atoms with Gasteiger partial charge in [0.1, 0.15) is 11.6 Å². The van der Waals surface area contributed by atoms with E-state index in [1.807, 2.05) is 0 Å². The van der Waals surface area contributed by atoms with E-state index in [2.05, 4.69) is 15.3 Å². The number of nitrogen functional groups attached to an aromatic ring is 2. The molecular weight excluding hydrogens is 266 g/mol. The summed E-state index contributed by atoms with van der Waals surface area (Å²) in [6, 6.07) is 1.68. The van der Waals surface area contributed by atoms with Gasteiger partial charge in [-0.05, 0) is 12.8 Å². The number of carbonyl (C=O) groups excluding carboxylic acids is 1. The summed E-state index contributed by atoms with van der Waals surface area (Å²) in [4.78, 5) is 19.8. The fourth-order valence-electron chi connectivity index (χ4n) is 1.77. The van der Waals surface area contributed by atoms with E-state index in [0.717, 1.165) is 12.8 Å². The van der Waals surface area contributed by atoms with Gasteiger partial charge in [-0.1, -0.05) is 11.8 Å². The zero-order valence-electron chi connectivity index (χ0n) is 10.5. The largest absolute Gasteiger partial charge is 0.383 e. The lowest BCUT2D eigenvalue weighted by Gasteiger charge is -2.22. The average Bonchev–Trinajstić information content (AvgIpc) is 2.36. The lowest BCUT2D eigenvalue weighted by atomic mass is 10.1. The van der Waals surface area contributed by atoms with Gasteiger partial charge in [0.05, 0.1) is 5.75 Å². The molecule has 0 radical (unpaired) electrons. The fraction of sp³-hybridized carbons (Fsp3) is 0.545. The van der Waals surface area contributed by atoms with Crippen molar-refractivity contribution in [3.05, 3.63) is 6.07 Å². The third-order valence-corrected chi connectivity index (χ3v) is 3.51. The van der Waals surface area contributed by atoms with Gasteiger partial charge in [0, 0.05) is 25.3 Å². The number of hydrogen-bond acceptors (Lipinski definition) is 7. The molecule has 1 fully saturated rings. The second-order valence-electron chi connectivity index (χ2n) is 4.24. The molecule has 0 aromatic carbocycles. The zero-order chi connectivity index (χ0) is 13.7. The first-order valence-corrected chi connectivity index (χ1v) is 7.02. The summed E-state index contributed by atoms with van der Waals surface area (Å²) >= 11 is 1.22. The van der Waals surface area contributed by atoms with E-state index < -0.39 is 0 Å². The van der Waals surface area contributed by atoms with Crippen molar-refractivity contribution in [1.29, 1.82) is 0 Å². The maximum Gasteiger partial charge on any atom is 0.230 e. The van der Waals surface area contributed by atoms with Gasteiger partial charge in [0.2, 0.25) is 5.91 Å². The number of ether oxygens (including phenoxy) is 1. The van der Waals surface area contributed by atoms with Gasteiger partial charge in [-0.2, -0.15) is 0 Å². The van der Waals surface area contributed by atoms with Crippen LogP contribution in [0, 0.1) is 0 Å². The van der Waals surface area contributed by atoms with Gasteiger partial charge < -0.3 is 21.5 Å². The SMILES string of the molecule is Nc1cc(N)nc(SCC(=O)NC2CCOCC2)n1. The molecule has 0 aliphatic carbocycles. The summed E-state index contributed by atoms with van der Waals surface area (Å²) in [6.45, 7) is 1.40. The molecule has 0 bridgehead atoms. The monoisotopic (exact) mass is 283 g/mol. The standard InChI is InChI=1S/C11H17N5O2S/c12-8-5-9(13)16-11(15-8)19-6-10(17)14-7-1-3-18-4-2-7/h5,7H,1-4,6H2,(H,14,17)(H4,12,13,15,16). The minimum absolute atomic E-state index is 0.0403. The van der Waals surface area contributed by atoms with Crippen LogP contribution in [0.3, 0.4) is 0 Å². The number of nitrogens with two attached hydrogens (primary N) is 2. The van der Waals surface area contributed by atoms with Crippen LogP contribution >= 0.6 is 11.8 Å². The van der Waals surface area contributed by atoms with Gasteiger partial charge in [0.25, 0.3) is 0 Å². The molecule has 1 aromatic heterocycles. The number of amides is 1. The Morgan fingerprint density at radius 2 is 2.00 bits per heavy atom. The van der Waals surface area contributed by atoms with Crippen molar-refractivity contribution in [2.75, 3.05) is 30.4 Å². The van der Waals surface area contributed by atoms with Crippen molar-refractivity contribution >= 4 is 29.3 Å². The van der Waals surface area contributed by atoms with Crippen molar-refractivity contribution in [1.82, 2.24) is 15.3 Å². The Kier molecular flexibility index (Phi) is 4.80. The van der Waals surface area contributed by atoms with Gasteiger partial charge >= 0.3 is 0 Å². The minimum Gasteiger partial charge on any atom is -0.383 e. The Balaban J connectivity index is 1.79. The number of hydrogen-bond donors (Lipinski definition) is 3. The van der Waals surface area contributed by atoms with Gasteiger partial charge in [-0.25, -0.2) is 9.97 Å². The van der Waals surface area contributed by atoms with Crippen molar-refractivity contribution in [3.8, 4) is 0 Å². The highest BCUT2D eigenvalue weighted by atomic mass is 32.2. The third kappa shape index (κ3) is 4.56. The van der Waals surface area contributed by atoms with Gasteiger partial charge in [-0.3, -0.25) is 4.79 Å². The van der Waals surface area contributed by atoms with E-state index in [9.17, 15) is 4.79 Å². The molecule has 1 saturated heterocycles. The van der Waals surface area contributed by atoms with E-state index >= 15 is 0 Å². The van der Waals surface area contributed by atoms with Crippen LogP contribution in [0.1, 0.15) is 12.8 Å². The molecule has 0 atom stereocenters. The molecule has 1 amide bonds. The molecule has 5 N–H and O–H groups in total. The van der Waals surface area contributed by atoms with Gasteiger partial charge in [0.15, 0.2) is 5.16 Å². The molecule has 0 unspecified atom stereocenters. The topological polar surface area (TPSA) is 116 Å². The Bertz CT molecular complexity index is 430. The van der Waals surface area contributed by atoms with Crippen LogP contribution in [0.2, 0.25) is 0 Å². The van der Waals surface area contributed by atoms with Crippen LogP contribution < -0.4 is 16.8 Å². The van der Waals surface area contributed by atoms with Crippen LogP contribution in [0.25, 0.3) is 0 Å². The summed E-state index contributed by atoms with van der Waals surface area (Å²) in [5.41, 5.74) is 11.1. The number of rotatable bonds is 4. The van der Waals surface area contributed by atoms with Crippen molar-refractivity contribution in [3.63, 3.8) is 0 Å². The summed E-state index contributed by atoms with van der Waals surface area (Å²) in [6.07, 6.45) is 1.72. The highest BCUT2D eigenvalue weighted by Gasteiger charge is 2.16. The maximum absolute atomic E-state index is 11.8. The smallest absolute Gasteiger partial charge is 0.230 e. The van der Waals surface area contributed by atoms with Crippen LogP contribution in [-0.4, -0.2) is 40.9 Å². The molecule has 0 saturated carbocycles. The molecule has 104 valence electrons. The Labute approximate surface area is 115 Å². The fourth-order valence-corrected chi connectivity index (χ4v) is 2.45. The summed E-state index contributed by atoms with van der Waals surface area (Å²) in [7, 11) is 0. The quantitative estimate of drug-likeness (QED) is 0.527. The number of thioether (sulfide) groups is 1. The summed E-state index contributed by atoms with van der Waals surface area (Å²) in [5.74, 6) is 0.821. The van der Waals surface area contributed by atoms with Crippen molar-refractivity contribution in [2.24, 2.45) is 0 Å². The summed E-state index contributed by atoms with van der Waals surface area (Å²) < 4.78 is 5.23. The highest BCUT2D eigenvalue weighted by Crippen LogP contribution is 2.16. The average molecular weight is 283 g/mol. The number of nitrogens with zero attached hydrogens (tertiary/aromatic N) is 2. The summed E-state index contributed by atoms with van der Waals surface area (Å²) in [5, 5.41) is 3.38. The molecule has 0 spiro atoms. The Morgan fingerprint density at radius 1 is 1.37 bits per heavy atom. The van der Waals surface area contributed by atoms with Crippen LogP contribution in [0.5, 0.6) is 0 Å². The number of anilines is 2. The van der Waals surface area contributed by atoms with Crippen molar-refractivity contribution in [2.45, 2.75) is 24.0 Å². The van der Waals surface area contributed by atoms with Gasteiger partial charge in [-0.15, -0.1) is 0 Å².